The van der Waals surface area contributed by atoms with E-state index in [9.17, 15) is 24.2 Å². The Morgan fingerprint density at radius 3 is 1.08 bits per heavy atom. The molecule has 0 bridgehead atoms. The number of carbonyl (C=O) groups is 2. The van der Waals surface area contributed by atoms with E-state index in [2.05, 4.69) is 19.2 Å². The second-order valence-corrected chi connectivity index (χ2v) is 19.3. The van der Waals surface area contributed by atoms with Gasteiger partial charge in [-0.05, 0) is 12.8 Å². The summed E-state index contributed by atoms with van der Waals surface area (Å²) in [4.78, 5) is 34.0. The highest BCUT2D eigenvalue weighted by Gasteiger charge is 2.23. The maximum atomic E-state index is 12.1. The van der Waals surface area contributed by atoms with Crippen LogP contribution in [0, 0.1) is 0 Å². The number of nitrogens with one attached hydrogen (secondary N) is 1. The molecule has 3 N–H and O–H groups in total. The zero-order chi connectivity index (χ0) is 43.9. The number of unbranched alkanes of at least 4 members (excludes halogenated alkanes) is 37. The highest BCUT2D eigenvalue weighted by atomic mass is 31.2. The van der Waals surface area contributed by atoms with E-state index in [1.165, 1.54) is 212 Å². The molecule has 0 aromatic rings. The summed E-state index contributed by atoms with van der Waals surface area (Å²) in [6.07, 6.45) is 50.5. The van der Waals surface area contributed by atoms with E-state index in [1.54, 1.807) is 0 Å². The van der Waals surface area contributed by atoms with Crippen LogP contribution in [-0.4, -0.2) is 54.3 Å². The molecule has 2 atom stereocenters. The maximum absolute atomic E-state index is 12.1. The predicted molar refractivity (Wildman–Crippen MR) is 252 cm³/mol. The fraction of sp³-hybridized carbons (Fsp3) is 0.960. The van der Waals surface area contributed by atoms with Crippen LogP contribution in [-0.2, 0) is 27.9 Å². The molecular weight excluding hydrogens is 774 g/mol. The van der Waals surface area contributed by atoms with Gasteiger partial charge in [0.25, 0.3) is 0 Å². The van der Waals surface area contributed by atoms with Crippen molar-refractivity contribution in [3.63, 3.8) is 0 Å². The van der Waals surface area contributed by atoms with E-state index < -0.39 is 26.5 Å². The number of esters is 1. The number of aliphatic hydroxyl groups excluding tert-OH is 1. The molecule has 0 rings (SSSR count). The number of phosphoric ester groups is 1. The van der Waals surface area contributed by atoms with Crippen LogP contribution in [0.1, 0.15) is 277 Å². The molecule has 0 aliphatic rings. The minimum Gasteiger partial charge on any atom is -0.463 e. The van der Waals surface area contributed by atoms with Crippen molar-refractivity contribution in [2.75, 3.05) is 26.4 Å². The molecule has 0 fully saturated rings. The molecule has 0 heterocycles. The fourth-order valence-electron chi connectivity index (χ4n) is 7.86. The minimum atomic E-state index is -4.41. The molecule has 10 heteroatoms. The van der Waals surface area contributed by atoms with Gasteiger partial charge in [-0.15, -0.1) is 0 Å². The summed E-state index contributed by atoms with van der Waals surface area (Å²) in [6.45, 7) is 3.63. The zero-order valence-corrected chi connectivity index (χ0v) is 40.6. The number of amides is 1. The molecule has 9 nitrogen and oxygen atoms in total. The van der Waals surface area contributed by atoms with Crippen LogP contribution in [0.15, 0.2) is 0 Å². The largest absolute Gasteiger partial charge is 0.472 e. The van der Waals surface area contributed by atoms with E-state index in [4.69, 9.17) is 13.8 Å². The van der Waals surface area contributed by atoms with E-state index in [0.29, 0.717) is 12.8 Å². The van der Waals surface area contributed by atoms with Gasteiger partial charge in [-0.1, -0.05) is 251 Å². The van der Waals surface area contributed by atoms with Gasteiger partial charge in [-0.2, -0.15) is 0 Å². The first-order valence-electron chi connectivity index (χ1n) is 26.0. The van der Waals surface area contributed by atoms with E-state index >= 15 is 0 Å². The number of rotatable bonds is 50. The molecule has 0 radical (unpaired) electrons. The van der Waals surface area contributed by atoms with E-state index in [0.717, 1.165) is 38.5 Å². The quantitative estimate of drug-likeness (QED) is 0.0313. The first-order chi connectivity index (χ1) is 29.3. The summed E-state index contributed by atoms with van der Waals surface area (Å²) in [7, 11) is -4.41. The third-order valence-corrected chi connectivity index (χ3v) is 12.8. The van der Waals surface area contributed by atoms with Gasteiger partial charge in [0.1, 0.15) is 12.7 Å². The Morgan fingerprint density at radius 1 is 0.450 bits per heavy atom. The summed E-state index contributed by atoms with van der Waals surface area (Å²) in [6, 6.07) is 0. The Hall–Kier alpha value is -0.990. The van der Waals surface area contributed by atoms with Crippen LogP contribution in [0.2, 0.25) is 0 Å². The third-order valence-electron chi connectivity index (χ3n) is 11.8. The monoisotopic (exact) mass is 874 g/mol. The van der Waals surface area contributed by atoms with Crippen molar-refractivity contribution in [1.82, 2.24) is 5.32 Å². The molecule has 1 amide bonds. The second-order valence-electron chi connectivity index (χ2n) is 17.9. The highest BCUT2D eigenvalue weighted by Crippen LogP contribution is 2.42. The zero-order valence-electron chi connectivity index (χ0n) is 39.7. The Bertz CT molecular complexity index is 953. The van der Waals surface area contributed by atoms with Crippen molar-refractivity contribution in [3.8, 4) is 0 Å². The van der Waals surface area contributed by atoms with Gasteiger partial charge in [0.15, 0.2) is 0 Å². The van der Waals surface area contributed by atoms with Crippen LogP contribution < -0.4 is 5.32 Å². The second kappa shape index (κ2) is 47.5. The van der Waals surface area contributed by atoms with Gasteiger partial charge in [0.05, 0.1) is 13.2 Å². The average molecular weight is 874 g/mol. The van der Waals surface area contributed by atoms with Crippen molar-refractivity contribution in [1.29, 1.82) is 0 Å². The molecule has 0 aromatic heterocycles. The fourth-order valence-corrected chi connectivity index (χ4v) is 8.61. The number of hydrogen-bond acceptors (Lipinski definition) is 7. The van der Waals surface area contributed by atoms with Crippen LogP contribution in [0.5, 0.6) is 0 Å². The summed E-state index contributed by atoms with van der Waals surface area (Å²) in [5, 5.41) is 12.8. The van der Waals surface area contributed by atoms with Crippen LogP contribution >= 0.6 is 7.82 Å². The molecule has 0 saturated heterocycles. The molecule has 0 aliphatic heterocycles. The molecule has 60 heavy (non-hydrogen) atoms. The number of carbonyl (C=O) groups excluding carboxylic acids is 2. The number of phosphoric acid groups is 1. The van der Waals surface area contributed by atoms with E-state index in [1.807, 2.05) is 0 Å². The molecule has 0 aromatic carbocycles. The minimum absolute atomic E-state index is 0.0886. The Kier molecular flexibility index (Phi) is 46.7. The average Bonchev–Trinajstić information content (AvgIpc) is 3.23. The SMILES string of the molecule is CCCCCCCCCCCCCCCCCCCCCCCCCC(=O)OCC(O)COP(=O)(O)OCCNC(=O)CCCCCCCCCCCCCCCCCC. The smallest absolute Gasteiger partial charge is 0.463 e. The van der Waals surface area contributed by atoms with Gasteiger partial charge in [-0.25, -0.2) is 4.57 Å². The molecule has 0 aliphatic carbocycles. The van der Waals surface area contributed by atoms with Crippen LogP contribution in [0.25, 0.3) is 0 Å². The van der Waals surface area contributed by atoms with Crippen LogP contribution in [0.4, 0.5) is 0 Å². The Labute approximate surface area is 371 Å². The summed E-state index contributed by atoms with van der Waals surface area (Å²) >= 11 is 0. The third kappa shape index (κ3) is 48.0. The Morgan fingerprint density at radius 2 is 0.750 bits per heavy atom. The van der Waals surface area contributed by atoms with Crippen molar-refractivity contribution >= 4 is 19.7 Å². The summed E-state index contributed by atoms with van der Waals surface area (Å²) in [5.41, 5.74) is 0. The molecule has 0 spiro atoms. The molecule has 0 saturated carbocycles. The first-order valence-corrected chi connectivity index (χ1v) is 27.5. The standard InChI is InChI=1S/C50H100NO8P/c1-3-5-7-9-11-13-15-17-19-21-22-23-24-25-26-27-29-31-33-35-37-39-41-43-50(54)57-46-48(52)47-59-60(55,56)58-45-44-51-49(53)42-40-38-36-34-32-30-28-20-18-16-14-12-10-8-6-4-2/h48,52H,3-47H2,1-2H3,(H,51,53)(H,55,56). The van der Waals surface area contributed by atoms with Gasteiger partial charge in [-0.3, -0.25) is 18.6 Å². The summed E-state index contributed by atoms with van der Waals surface area (Å²) in [5.74, 6) is -0.498. The Balaban J connectivity index is 3.49. The van der Waals surface area contributed by atoms with Crippen molar-refractivity contribution in [2.45, 2.75) is 283 Å². The molecule has 2 unspecified atom stereocenters. The van der Waals surface area contributed by atoms with Crippen LogP contribution in [0.3, 0.4) is 0 Å². The van der Waals surface area contributed by atoms with Crippen molar-refractivity contribution in [3.05, 3.63) is 0 Å². The van der Waals surface area contributed by atoms with E-state index in [-0.39, 0.29) is 25.7 Å². The van der Waals surface area contributed by atoms with Gasteiger partial charge >= 0.3 is 13.8 Å². The first kappa shape index (κ1) is 59.0. The lowest BCUT2D eigenvalue weighted by Gasteiger charge is -2.15. The van der Waals surface area contributed by atoms with Gasteiger partial charge < -0.3 is 20.1 Å². The number of aliphatic hydroxyl groups is 1. The number of hydrogen-bond donors (Lipinski definition) is 3. The number of ether oxygens (including phenoxy) is 1. The topological polar surface area (TPSA) is 131 Å². The highest BCUT2D eigenvalue weighted by molar-refractivity contribution is 7.47. The van der Waals surface area contributed by atoms with Crippen molar-refractivity contribution < 1.29 is 37.9 Å². The molecule has 358 valence electrons. The molecular formula is C50H100NO8P. The van der Waals surface area contributed by atoms with Gasteiger partial charge in [0.2, 0.25) is 5.91 Å². The normalized spacial score (nSPS) is 13.1. The lowest BCUT2D eigenvalue weighted by atomic mass is 10.0. The lowest BCUT2D eigenvalue weighted by Crippen LogP contribution is -2.27. The lowest BCUT2D eigenvalue weighted by molar-refractivity contribution is -0.147. The predicted octanol–water partition coefficient (Wildman–Crippen LogP) is 15.2. The maximum Gasteiger partial charge on any atom is 0.472 e. The van der Waals surface area contributed by atoms with Crippen molar-refractivity contribution in [2.24, 2.45) is 0 Å². The summed E-state index contributed by atoms with van der Waals surface area (Å²) < 4.78 is 27.0. The van der Waals surface area contributed by atoms with Gasteiger partial charge in [0, 0.05) is 19.4 Å².